The highest BCUT2D eigenvalue weighted by Crippen LogP contribution is 2.40. The van der Waals surface area contributed by atoms with E-state index in [4.69, 9.17) is 4.74 Å². The second-order valence-electron chi connectivity index (χ2n) is 5.85. The lowest BCUT2D eigenvalue weighted by atomic mass is 10.0. The summed E-state index contributed by atoms with van der Waals surface area (Å²) < 4.78 is 5.18. The Bertz CT molecular complexity index is 1020. The molecule has 0 atom stereocenters. The quantitative estimate of drug-likeness (QED) is 0.691. The van der Waals surface area contributed by atoms with E-state index in [9.17, 15) is 15.2 Å². The van der Waals surface area contributed by atoms with Gasteiger partial charge in [0.1, 0.15) is 16.8 Å². The van der Waals surface area contributed by atoms with Crippen molar-refractivity contribution in [3.63, 3.8) is 0 Å². The van der Waals surface area contributed by atoms with Crippen LogP contribution in [-0.2, 0) is 6.61 Å². The number of thiophene rings is 1. The Balaban J connectivity index is 1.97. The van der Waals surface area contributed by atoms with Crippen LogP contribution in [0.4, 0.5) is 5.00 Å². The van der Waals surface area contributed by atoms with Crippen molar-refractivity contribution >= 4 is 22.2 Å². The van der Waals surface area contributed by atoms with Crippen LogP contribution < -0.4 is 10.1 Å². The zero-order valence-electron chi connectivity index (χ0n) is 14.9. The highest BCUT2D eigenvalue weighted by molar-refractivity contribution is 7.17. The van der Waals surface area contributed by atoms with Crippen LogP contribution in [-0.4, -0.2) is 18.1 Å². The van der Waals surface area contributed by atoms with Crippen molar-refractivity contribution in [1.82, 2.24) is 0 Å². The topological polar surface area (TPSA) is 82.3 Å². The molecule has 0 fully saturated rings. The predicted molar refractivity (Wildman–Crippen MR) is 106 cm³/mol. The number of benzene rings is 2. The number of carbonyl (C=O) groups is 1. The fourth-order valence-corrected chi connectivity index (χ4v) is 3.92. The molecule has 0 unspecified atom stereocenters. The van der Waals surface area contributed by atoms with Crippen molar-refractivity contribution in [2.24, 2.45) is 0 Å². The van der Waals surface area contributed by atoms with Gasteiger partial charge in [0.15, 0.2) is 0 Å². The number of anilines is 1. The molecule has 0 radical (unpaired) electrons. The lowest BCUT2D eigenvalue weighted by Crippen LogP contribution is -2.14. The third-order valence-corrected chi connectivity index (χ3v) is 5.25. The fourth-order valence-electron chi connectivity index (χ4n) is 2.89. The van der Waals surface area contributed by atoms with E-state index in [-0.39, 0.29) is 12.5 Å². The van der Waals surface area contributed by atoms with Gasteiger partial charge in [0.2, 0.25) is 0 Å². The molecule has 0 aliphatic carbocycles. The first-order chi connectivity index (χ1) is 13.1. The fraction of sp³-hybridized carbons (Fsp3) is 0.143. The number of methoxy groups -OCH3 is 1. The minimum atomic E-state index is -0.348. The number of ether oxygens (including phenoxy) is 1. The van der Waals surface area contributed by atoms with Gasteiger partial charge in [0.05, 0.1) is 19.3 Å². The number of amides is 1. The van der Waals surface area contributed by atoms with E-state index in [1.165, 1.54) is 11.3 Å². The summed E-state index contributed by atoms with van der Waals surface area (Å²) in [5.74, 6) is 0.387. The van der Waals surface area contributed by atoms with Gasteiger partial charge in [0, 0.05) is 16.0 Å². The van der Waals surface area contributed by atoms with Gasteiger partial charge in [-0.3, -0.25) is 4.79 Å². The molecule has 1 aromatic heterocycles. The molecule has 0 saturated carbocycles. The minimum absolute atomic E-state index is 0.227. The molecule has 5 nitrogen and oxygen atoms in total. The molecule has 1 heterocycles. The molecule has 6 heteroatoms. The molecule has 0 bridgehead atoms. The van der Waals surface area contributed by atoms with Gasteiger partial charge in [-0.25, -0.2) is 0 Å². The Morgan fingerprint density at radius 3 is 2.56 bits per heavy atom. The van der Waals surface area contributed by atoms with Gasteiger partial charge in [0.25, 0.3) is 5.91 Å². The zero-order valence-corrected chi connectivity index (χ0v) is 15.8. The van der Waals surface area contributed by atoms with E-state index >= 15 is 0 Å². The van der Waals surface area contributed by atoms with E-state index < -0.39 is 0 Å². The van der Waals surface area contributed by atoms with E-state index in [0.717, 1.165) is 21.8 Å². The molecular weight excluding hydrogens is 360 g/mol. The van der Waals surface area contributed by atoms with Crippen LogP contribution in [0.3, 0.4) is 0 Å². The van der Waals surface area contributed by atoms with Crippen molar-refractivity contribution in [2.75, 3.05) is 12.4 Å². The van der Waals surface area contributed by atoms with Crippen molar-refractivity contribution < 1.29 is 14.6 Å². The minimum Gasteiger partial charge on any atom is -0.497 e. The number of aliphatic hydroxyl groups excluding tert-OH is 1. The summed E-state index contributed by atoms with van der Waals surface area (Å²) in [5.41, 5.74) is 3.05. The number of rotatable bonds is 5. The van der Waals surface area contributed by atoms with E-state index in [1.54, 1.807) is 31.4 Å². The van der Waals surface area contributed by atoms with Gasteiger partial charge in [-0.2, -0.15) is 5.26 Å². The normalized spacial score (nSPS) is 10.3. The average molecular weight is 378 g/mol. The van der Waals surface area contributed by atoms with Crippen molar-refractivity contribution in [1.29, 1.82) is 5.26 Å². The van der Waals surface area contributed by atoms with Crippen molar-refractivity contribution in [3.05, 3.63) is 70.1 Å². The molecule has 2 N–H and O–H groups in total. The van der Waals surface area contributed by atoms with Crippen molar-refractivity contribution in [3.8, 4) is 22.9 Å². The van der Waals surface area contributed by atoms with Gasteiger partial charge in [-0.15, -0.1) is 11.3 Å². The summed E-state index contributed by atoms with van der Waals surface area (Å²) in [7, 11) is 1.60. The van der Waals surface area contributed by atoms with Gasteiger partial charge < -0.3 is 15.2 Å². The first-order valence-electron chi connectivity index (χ1n) is 8.27. The van der Waals surface area contributed by atoms with Crippen LogP contribution in [0.15, 0.2) is 48.5 Å². The number of carbonyl (C=O) groups excluding carboxylic acids is 1. The first kappa shape index (κ1) is 18.6. The molecule has 2 aromatic carbocycles. The molecule has 3 rings (SSSR count). The molecule has 0 spiro atoms. The molecule has 0 aliphatic heterocycles. The predicted octanol–water partition coefficient (Wildman–Crippen LogP) is 4.35. The Morgan fingerprint density at radius 2 is 1.93 bits per heavy atom. The highest BCUT2D eigenvalue weighted by atomic mass is 32.1. The molecular formula is C21H18N2O3S. The van der Waals surface area contributed by atoms with Crippen molar-refractivity contribution in [2.45, 2.75) is 13.5 Å². The molecule has 136 valence electrons. The number of nitrogens with one attached hydrogen (secondary N) is 1. The summed E-state index contributed by atoms with van der Waals surface area (Å²) in [5, 5.41) is 22.5. The lowest BCUT2D eigenvalue weighted by Gasteiger charge is -2.08. The molecule has 1 amide bonds. The Hall–Kier alpha value is -3.14. The largest absolute Gasteiger partial charge is 0.497 e. The standard InChI is InChI=1S/C21H18N2O3S/c1-13-19(14-7-9-16(26-2)10-8-14)18(11-22)21(27-13)23-20(25)17-6-4-3-5-15(17)12-24/h3-10,24H,12H2,1-2H3,(H,23,25). The second kappa shape index (κ2) is 8.04. The summed E-state index contributed by atoms with van der Waals surface area (Å²) in [6.07, 6.45) is 0. The Kier molecular flexibility index (Phi) is 5.55. The Morgan fingerprint density at radius 1 is 1.22 bits per heavy atom. The maximum absolute atomic E-state index is 12.7. The average Bonchev–Trinajstić information content (AvgIpc) is 3.02. The number of hydrogen-bond acceptors (Lipinski definition) is 5. The van der Waals surface area contributed by atoms with Gasteiger partial charge >= 0.3 is 0 Å². The number of nitrogens with zero attached hydrogens (tertiary/aromatic N) is 1. The first-order valence-corrected chi connectivity index (χ1v) is 9.08. The van der Waals surface area contributed by atoms with E-state index in [1.807, 2.05) is 31.2 Å². The maximum atomic E-state index is 12.7. The van der Waals surface area contributed by atoms with Crippen LogP contribution in [0.1, 0.15) is 26.4 Å². The molecule has 27 heavy (non-hydrogen) atoms. The van der Waals surface area contributed by atoms with Crippen LogP contribution in [0.25, 0.3) is 11.1 Å². The summed E-state index contributed by atoms with van der Waals surface area (Å²) in [6, 6.07) is 16.5. The third-order valence-electron chi connectivity index (χ3n) is 4.23. The van der Waals surface area contributed by atoms with Gasteiger partial charge in [-0.05, 0) is 36.2 Å². The zero-order chi connectivity index (χ0) is 19.4. The number of hydrogen-bond donors (Lipinski definition) is 2. The number of nitriles is 1. The second-order valence-corrected chi connectivity index (χ2v) is 7.07. The summed E-state index contributed by atoms with van der Waals surface area (Å²) in [4.78, 5) is 13.6. The SMILES string of the molecule is COc1ccc(-c2c(C)sc(NC(=O)c3ccccc3CO)c2C#N)cc1. The third kappa shape index (κ3) is 3.70. The number of aryl methyl sites for hydroxylation is 1. The smallest absolute Gasteiger partial charge is 0.256 e. The number of aliphatic hydroxyl groups is 1. The van der Waals surface area contributed by atoms with Gasteiger partial charge in [-0.1, -0.05) is 30.3 Å². The maximum Gasteiger partial charge on any atom is 0.256 e. The highest BCUT2D eigenvalue weighted by Gasteiger charge is 2.20. The summed E-state index contributed by atoms with van der Waals surface area (Å²) >= 11 is 1.36. The van der Waals surface area contributed by atoms with Crippen LogP contribution in [0, 0.1) is 18.3 Å². The molecule has 0 saturated heterocycles. The Labute approximate surface area is 161 Å². The van der Waals surface area contributed by atoms with E-state index in [0.29, 0.717) is 21.7 Å². The van der Waals surface area contributed by atoms with Crippen LogP contribution in [0.5, 0.6) is 5.75 Å². The molecule has 3 aromatic rings. The molecule has 0 aliphatic rings. The van der Waals surface area contributed by atoms with Crippen LogP contribution in [0.2, 0.25) is 0 Å². The van der Waals surface area contributed by atoms with E-state index in [2.05, 4.69) is 11.4 Å². The monoisotopic (exact) mass is 378 g/mol. The lowest BCUT2D eigenvalue weighted by molar-refractivity contribution is 0.102. The van der Waals surface area contributed by atoms with Crippen LogP contribution >= 0.6 is 11.3 Å². The summed E-state index contributed by atoms with van der Waals surface area (Å²) in [6.45, 7) is 1.69.